The summed E-state index contributed by atoms with van der Waals surface area (Å²) in [5, 5.41) is 10.7. The van der Waals surface area contributed by atoms with E-state index in [1.165, 1.54) is 11.8 Å². The number of aromatic nitrogens is 5. The van der Waals surface area contributed by atoms with Gasteiger partial charge in [-0.05, 0) is 75.1 Å². The minimum absolute atomic E-state index is 0.0610. The van der Waals surface area contributed by atoms with Crippen LogP contribution in [0.15, 0.2) is 64.6 Å². The van der Waals surface area contributed by atoms with Gasteiger partial charge in [0.05, 0.1) is 0 Å². The number of rotatable bonds is 6. The van der Waals surface area contributed by atoms with Gasteiger partial charge in [-0.15, -0.1) is 0 Å². The number of aromatic amines is 1. The third-order valence-corrected chi connectivity index (χ3v) is 5.86. The van der Waals surface area contributed by atoms with E-state index < -0.39 is 0 Å². The minimum Gasteiger partial charge on any atom is -0.325 e. The standard InChI is InChI=1S/C23H22N6OS2/c1-14-4-6-17(7-5-14)21-27-28-23(31)29(21)13-20(30)26-18-8-10-19(11-9-18)32-22-24-15(2)12-16(3)25-22/h4-12H,13H2,1-3H3,(H,26,30)(H,28,31). The molecule has 2 aromatic heterocycles. The first-order valence-corrected chi connectivity index (χ1v) is 11.2. The zero-order valence-electron chi connectivity index (χ0n) is 17.9. The normalized spacial score (nSPS) is 10.8. The van der Waals surface area contributed by atoms with Crippen LogP contribution in [0.1, 0.15) is 17.0 Å². The fraction of sp³-hybridized carbons (Fsp3) is 0.174. The largest absolute Gasteiger partial charge is 0.325 e. The van der Waals surface area contributed by atoms with Gasteiger partial charge in [0.2, 0.25) is 5.91 Å². The van der Waals surface area contributed by atoms with Gasteiger partial charge < -0.3 is 5.32 Å². The molecule has 162 valence electrons. The Kier molecular flexibility index (Phi) is 6.48. The number of nitrogens with one attached hydrogen (secondary N) is 2. The quantitative estimate of drug-likeness (QED) is 0.306. The molecule has 7 nitrogen and oxygen atoms in total. The summed E-state index contributed by atoms with van der Waals surface area (Å²) in [7, 11) is 0. The van der Waals surface area contributed by atoms with Gasteiger partial charge in [0.1, 0.15) is 6.54 Å². The first kappa shape index (κ1) is 21.9. The molecular formula is C23H22N6OS2. The molecule has 4 aromatic rings. The van der Waals surface area contributed by atoms with Gasteiger partial charge in [-0.25, -0.2) is 9.97 Å². The van der Waals surface area contributed by atoms with Crippen LogP contribution in [-0.2, 0) is 11.3 Å². The van der Waals surface area contributed by atoms with Crippen molar-refractivity contribution in [2.75, 3.05) is 5.32 Å². The van der Waals surface area contributed by atoms with Gasteiger partial charge >= 0.3 is 0 Å². The molecule has 4 rings (SSSR count). The van der Waals surface area contributed by atoms with Gasteiger partial charge in [0.15, 0.2) is 15.8 Å². The van der Waals surface area contributed by atoms with Crippen molar-refractivity contribution in [3.8, 4) is 11.4 Å². The monoisotopic (exact) mass is 462 g/mol. The number of hydrogen-bond donors (Lipinski definition) is 2. The molecule has 0 aliphatic rings. The summed E-state index contributed by atoms with van der Waals surface area (Å²) < 4.78 is 2.09. The molecule has 1 amide bonds. The Labute approximate surface area is 195 Å². The lowest BCUT2D eigenvalue weighted by atomic mass is 10.1. The Bertz CT molecular complexity index is 1290. The molecule has 0 saturated carbocycles. The molecule has 0 fully saturated rings. The topological polar surface area (TPSA) is 88.5 Å². The summed E-state index contributed by atoms with van der Waals surface area (Å²) in [6, 6.07) is 17.5. The Morgan fingerprint density at radius 3 is 2.34 bits per heavy atom. The Morgan fingerprint density at radius 2 is 1.69 bits per heavy atom. The molecule has 0 aliphatic heterocycles. The first-order valence-electron chi connectivity index (χ1n) is 10.00. The van der Waals surface area contributed by atoms with E-state index in [1.54, 1.807) is 4.57 Å². The summed E-state index contributed by atoms with van der Waals surface area (Å²) in [5.74, 6) is 0.444. The number of carbonyl (C=O) groups is 1. The highest BCUT2D eigenvalue weighted by atomic mass is 32.2. The average Bonchev–Trinajstić information content (AvgIpc) is 3.09. The number of hydrogen-bond acceptors (Lipinski definition) is 6. The van der Waals surface area contributed by atoms with Crippen molar-refractivity contribution in [2.24, 2.45) is 0 Å². The van der Waals surface area contributed by atoms with E-state index >= 15 is 0 Å². The second-order valence-corrected chi connectivity index (χ2v) is 8.84. The van der Waals surface area contributed by atoms with E-state index in [0.29, 0.717) is 21.4 Å². The van der Waals surface area contributed by atoms with Crippen LogP contribution in [0.3, 0.4) is 0 Å². The maximum atomic E-state index is 12.7. The van der Waals surface area contributed by atoms with E-state index in [-0.39, 0.29) is 12.5 Å². The number of H-pyrrole nitrogens is 1. The van der Waals surface area contributed by atoms with Crippen molar-refractivity contribution in [3.05, 3.63) is 76.3 Å². The lowest BCUT2D eigenvalue weighted by molar-refractivity contribution is -0.116. The number of benzene rings is 2. The van der Waals surface area contributed by atoms with Crippen LogP contribution in [0, 0.1) is 25.5 Å². The highest BCUT2D eigenvalue weighted by Gasteiger charge is 2.13. The van der Waals surface area contributed by atoms with E-state index in [1.807, 2.05) is 75.4 Å². The predicted molar refractivity (Wildman–Crippen MR) is 128 cm³/mol. The lowest BCUT2D eigenvalue weighted by Gasteiger charge is -2.09. The van der Waals surface area contributed by atoms with Gasteiger partial charge in [0, 0.05) is 27.5 Å². The molecule has 0 spiro atoms. The summed E-state index contributed by atoms with van der Waals surface area (Å²) in [6.07, 6.45) is 0. The zero-order chi connectivity index (χ0) is 22.7. The molecule has 0 radical (unpaired) electrons. The summed E-state index contributed by atoms with van der Waals surface area (Å²) >= 11 is 6.81. The number of aryl methyl sites for hydroxylation is 3. The molecule has 0 saturated heterocycles. The van der Waals surface area contributed by atoms with E-state index in [2.05, 4.69) is 25.5 Å². The van der Waals surface area contributed by atoms with Crippen LogP contribution in [0.5, 0.6) is 0 Å². The van der Waals surface area contributed by atoms with Crippen molar-refractivity contribution in [1.82, 2.24) is 24.7 Å². The zero-order valence-corrected chi connectivity index (χ0v) is 19.5. The van der Waals surface area contributed by atoms with Crippen LogP contribution in [-0.4, -0.2) is 30.6 Å². The Balaban J connectivity index is 1.43. The van der Waals surface area contributed by atoms with Crippen LogP contribution in [0.4, 0.5) is 5.69 Å². The highest BCUT2D eigenvalue weighted by molar-refractivity contribution is 7.99. The second-order valence-electron chi connectivity index (χ2n) is 7.41. The molecule has 0 unspecified atom stereocenters. The lowest BCUT2D eigenvalue weighted by Crippen LogP contribution is -2.19. The predicted octanol–water partition coefficient (Wildman–Crippen LogP) is 5.11. The van der Waals surface area contributed by atoms with E-state index in [4.69, 9.17) is 12.2 Å². The van der Waals surface area contributed by atoms with Crippen molar-refractivity contribution in [2.45, 2.75) is 37.4 Å². The van der Waals surface area contributed by atoms with Gasteiger partial charge in [-0.2, -0.15) is 5.10 Å². The van der Waals surface area contributed by atoms with Crippen molar-refractivity contribution >= 4 is 35.6 Å². The van der Waals surface area contributed by atoms with E-state index in [0.717, 1.165) is 27.4 Å². The van der Waals surface area contributed by atoms with Crippen LogP contribution < -0.4 is 5.32 Å². The number of nitrogens with zero attached hydrogens (tertiary/aromatic N) is 4. The number of carbonyl (C=O) groups excluding carboxylic acids is 1. The highest BCUT2D eigenvalue weighted by Crippen LogP contribution is 2.26. The fourth-order valence-corrected chi connectivity index (χ4v) is 4.24. The average molecular weight is 463 g/mol. The summed E-state index contributed by atoms with van der Waals surface area (Å²) in [5.41, 5.74) is 4.62. The molecule has 0 aliphatic carbocycles. The SMILES string of the molecule is Cc1ccc(-c2n[nH]c(=S)n2CC(=O)Nc2ccc(Sc3nc(C)cc(C)n3)cc2)cc1. The van der Waals surface area contributed by atoms with Crippen LogP contribution >= 0.6 is 24.0 Å². The maximum Gasteiger partial charge on any atom is 0.244 e. The minimum atomic E-state index is -0.186. The molecular weight excluding hydrogens is 440 g/mol. The van der Waals surface area contributed by atoms with Gasteiger partial charge in [0.25, 0.3) is 0 Å². The number of anilines is 1. The third kappa shape index (κ3) is 5.30. The first-order chi connectivity index (χ1) is 15.4. The van der Waals surface area contributed by atoms with Crippen LogP contribution in [0.2, 0.25) is 0 Å². The Morgan fingerprint density at radius 1 is 1.03 bits per heavy atom. The van der Waals surface area contributed by atoms with Crippen molar-refractivity contribution < 1.29 is 4.79 Å². The van der Waals surface area contributed by atoms with E-state index in [9.17, 15) is 4.79 Å². The summed E-state index contributed by atoms with van der Waals surface area (Å²) in [6.45, 7) is 5.99. The second kappa shape index (κ2) is 9.46. The smallest absolute Gasteiger partial charge is 0.244 e. The van der Waals surface area contributed by atoms with Gasteiger partial charge in [-0.3, -0.25) is 14.5 Å². The summed E-state index contributed by atoms with van der Waals surface area (Å²) in [4.78, 5) is 22.6. The van der Waals surface area contributed by atoms with Crippen molar-refractivity contribution in [1.29, 1.82) is 0 Å². The van der Waals surface area contributed by atoms with Crippen molar-refractivity contribution in [3.63, 3.8) is 0 Å². The molecule has 9 heteroatoms. The molecule has 2 N–H and O–H groups in total. The molecule has 2 aromatic carbocycles. The van der Waals surface area contributed by atoms with Gasteiger partial charge in [-0.1, -0.05) is 29.8 Å². The molecule has 0 bridgehead atoms. The third-order valence-electron chi connectivity index (χ3n) is 4.68. The number of amides is 1. The fourth-order valence-electron chi connectivity index (χ4n) is 3.18. The Hall–Kier alpha value is -3.30. The maximum absolute atomic E-state index is 12.7. The molecule has 2 heterocycles. The van der Waals surface area contributed by atoms with Crippen LogP contribution in [0.25, 0.3) is 11.4 Å². The molecule has 32 heavy (non-hydrogen) atoms. The molecule has 0 atom stereocenters.